The smallest absolute Gasteiger partial charge is 0.314 e. The van der Waals surface area contributed by atoms with Crippen LogP contribution in [0.4, 0.5) is 5.69 Å². The molecule has 0 bridgehead atoms. The number of H-pyrrole nitrogens is 2. The van der Waals surface area contributed by atoms with Crippen LogP contribution < -0.4 is 16.9 Å². The molecule has 0 spiro atoms. The van der Waals surface area contributed by atoms with E-state index in [0.717, 1.165) is 32.1 Å². The van der Waals surface area contributed by atoms with E-state index in [1.807, 2.05) is 0 Å². The number of nitro groups is 1. The van der Waals surface area contributed by atoms with Crippen molar-refractivity contribution in [2.45, 2.75) is 38.5 Å². The van der Waals surface area contributed by atoms with Crippen molar-refractivity contribution in [3.63, 3.8) is 0 Å². The molecule has 24 heavy (non-hydrogen) atoms. The molecule has 0 radical (unpaired) electrons. The Bertz CT molecular complexity index is 815. The first kappa shape index (κ1) is 20.0. The number of nitrogens with one attached hydrogen (secondary N) is 2. The molecule has 0 fully saturated rings. The lowest BCUT2D eigenvalue weighted by Gasteiger charge is -2.06. The number of nitro benzene ring substituents is 1. The number of nitrogens with two attached hydrogens (primary N) is 1. The predicted octanol–water partition coefficient (Wildman–Crippen LogP) is 2.15. The summed E-state index contributed by atoms with van der Waals surface area (Å²) in [5.74, 6) is 0. The minimum absolute atomic E-state index is 0. The van der Waals surface area contributed by atoms with E-state index >= 15 is 0 Å². The van der Waals surface area contributed by atoms with Crippen LogP contribution in [0.3, 0.4) is 0 Å². The molecule has 1 heterocycles. The number of halogens is 1. The van der Waals surface area contributed by atoms with Crippen LogP contribution in [0.1, 0.15) is 37.7 Å². The van der Waals surface area contributed by atoms with Gasteiger partial charge in [0.2, 0.25) is 0 Å². The number of aryl methyl sites for hydroxylation is 1. The van der Waals surface area contributed by atoms with Gasteiger partial charge in [0, 0.05) is 12.1 Å². The zero-order valence-electron chi connectivity index (χ0n) is 13.2. The molecule has 0 aliphatic heterocycles. The van der Waals surface area contributed by atoms with Crippen molar-refractivity contribution in [1.82, 2.24) is 9.97 Å². The van der Waals surface area contributed by atoms with Crippen molar-refractivity contribution in [3.05, 3.63) is 48.5 Å². The maximum atomic E-state index is 11.5. The van der Waals surface area contributed by atoms with E-state index in [-0.39, 0.29) is 28.2 Å². The molecular weight excluding hydrogens is 380 g/mol. The monoisotopic (exact) mass is 400 g/mol. The Balaban J connectivity index is 0.00000288. The molecule has 0 saturated heterocycles. The maximum Gasteiger partial charge on any atom is 0.314 e. The summed E-state index contributed by atoms with van der Waals surface area (Å²) >= 11 is 0. The van der Waals surface area contributed by atoms with Crippen LogP contribution >= 0.6 is 17.0 Å². The first-order valence-corrected chi connectivity index (χ1v) is 7.66. The van der Waals surface area contributed by atoms with Gasteiger partial charge in [0.1, 0.15) is 0 Å². The third-order valence-electron chi connectivity index (χ3n) is 3.76. The Hall–Kier alpha value is -2.00. The lowest BCUT2D eigenvalue weighted by atomic mass is 10.0. The van der Waals surface area contributed by atoms with Gasteiger partial charge in [-0.05, 0) is 31.4 Å². The molecule has 0 unspecified atom stereocenters. The van der Waals surface area contributed by atoms with Crippen LogP contribution in [-0.2, 0) is 6.42 Å². The summed E-state index contributed by atoms with van der Waals surface area (Å²) in [6.07, 6.45) is 5.55. The van der Waals surface area contributed by atoms with E-state index in [4.69, 9.17) is 5.73 Å². The number of unbranched alkanes of at least 4 members (excludes halogenated alkanes) is 4. The van der Waals surface area contributed by atoms with Crippen LogP contribution in [-0.4, -0.2) is 21.4 Å². The van der Waals surface area contributed by atoms with Crippen molar-refractivity contribution >= 4 is 33.7 Å². The largest absolute Gasteiger partial charge is 0.330 e. The van der Waals surface area contributed by atoms with E-state index < -0.39 is 16.0 Å². The van der Waals surface area contributed by atoms with Crippen LogP contribution in [0.5, 0.6) is 0 Å². The van der Waals surface area contributed by atoms with Crippen molar-refractivity contribution in [3.8, 4) is 0 Å². The first-order valence-electron chi connectivity index (χ1n) is 7.66. The van der Waals surface area contributed by atoms with Crippen LogP contribution in [0.15, 0.2) is 21.7 Å². The molecule has 132 valence electrons. The van der Waals surface area contributed by atoms with Gasteiger partial charge in [-0.2, -0.15) is 0 Å². The standard InChI is InChI=1S/C15H20N4O4.BrH/c16-7-5-3-1-2-4-6-10-8-11(19(22)23)9-12-13(10)18-15(21)14(20)17-12;/h8-9H,1-7,16H2,(H,17,20)(H,18,21);1H. The Morgan fingerprint density at radius 2 is 1.62 bits per heavy atom. The Morgan fingerprint density at radius 1 is 1.00 bits per heavy atom. The molecule has 2 rings (SSSR count). The minimum atomic E-state index is -0.814. The van der Waals surface area contributed by atoms with E-state index in [1.54, 1.807) is 0 Å². The second kappa shape index (κ2) is 9.33. The number of benzene rings is 1. The molecule has 0 amide bonds. The summed E-state index contributed by atoms with van der Waals surface area (Å²) in [5.41, 5.74) is 5.18. The maximum absolute atomic E-state index is 11.5. The van der Waals surface area contributed by atoms with Crippen molar-refractivity contribution < 1.29 is 4.92 Å². The Labute approximate surface area is 148 Å². The van der Waals surface area contributed by atoms with Gasteiger partial charge in [0.05, 0.1) is 16.0 Å². The number of aromatic nitrogens is 2. The van der Waals surface area contributed by atoms with Gasteiger partial charge >= 0.3 is 11.1 Å². The van der Waals surface area contributed by atoms with Crippen molar-refractivity contribution in [1.29, 1.82) is 0 Å². The lowest BCUT2D eigenvalue weighted by molar-refractivity contribution is -0.384. The number of nitrogens with zero attached hydrogens (tertiary/aromatic N) is 1. The van der Waals surface area contributed by atoms with E-state index in [0.29, 0.717) is 24.0 Å². The van der Waals surface area contributed by atoms with Crippen molar-refractivity contribution in [2.75, 3.05) is 6.54 Å². The third-order valence-corrected chi connectivity index (χ3v) is 3.76. The first-order chi connectivity index (χ1) is 11.0. The number of rotatable bonds is 8. The van der Waals surface area contributed by atoms with Crippen molar-refractivity contribution in [2.24, 2.45) is 5.73 Å². The highest BCUT2D eigenvalue weighted by atomic mass is 79.9. The summed E-state index contributed by atoms with van der Waals surface area (Å²) < 4.78 is 0. The number of non-ortho nitro benzene ring substituents is 1. The molecular formula is C15H21BrN4O4. The molecule has 0 atom stereocenters. The number of aromatic amines is 2. The zero-order chi connectivity index (χ0) is 16.8. The molecule has 4 N–H and O–H groups in total. The fourth-order valence-electron chi connectivity index (χ4n) is 2.57. The fourth-order valence-corrected chi connectivity index (χ4v) is 2.57. The Morgan fingerprint density at radius 3 is 2.29 bits per heavy atom. The topological polar surface area (TPSA) is 135 Å². The van der Waals surface area contributed by atoms with Gasteiger partial charge in [0.25, 0.3) is 5.69 Å². The molecule has 8 nitrogen and oxygen atoms in total. The highest BCUT2D eigenvalue weighted by Gasteiger charge is 2.13. The van der Waals surface area contributed by atoms with E-state index in [9.17, 15) is 19.7 Å². The molecule has 9 heteroatoms. The van der Waals surface area contributed by atoms with Crippen LogP contribution in [0, 0.1) is 10.1 Å². The molecule has 0 aliphatic rings. The molecule has 0 saturated carbocycles. The van der Waals surface area contributed by atoms with E-state index in [2.05, 4.69) is 9.97 Å². The highest BCUT2D eigenvalue weighted by Crippen LogP contribution is 2.23. The van der Waals surface area contributed by atoms with Gasteiger partial charge in [-0.15, -0.1) is 17.0 Å². The summed E-state index contributed by atoms with van der Waals surface area (Å²) in [5, 5.41) is 11.0. The second-order valence-corrected chi connectivity index (χ2v) is 5.50. The van der Waals surface area contributed by atoms with Gasteiger partial charge in [0.15, 0.2) is 0 Å². The van der Waals surface area contributed by atoms with Crippen LogP contribution in [0.2, 0.25) is 0 Å². The summed E-state index contributed by atoms with van der Waals surface area (Å²) in [4.78, 5) is 38.3. The Kier molecular flexibility index (Phi) is 7.80. The number of fused-ring (bicyclic) bond motifs is 1. The second-order valence-electron chi connectivity index (χ2n) is 5.50. The van der Waals surface area contributed by atoms with Gasteiger partial charge in [-0.3, -0.25) is 19.7 Å². The average Bonchev–Trinajstić information content (AvgIpc) is 2.51. The molecule has 1 aromatic carbocycles. The normalized spacial score (nSPS) is 10.5. The minimum Gasteiger partial charge on any atom is -0.330 e. The van der Waals surface area contributed by atoms with Gasteiger partial charge in [-0.1, -0.05) is 19.3 Å². The van der Waals surface area contributed by atoms with E-state index in [1.165, 1.54) is 12.1 Å². The molecule has 0 aliphatic carbocycles. The van der Waals surface area contributed by atoms with Gasteiger partial charge in [-0.25, -0.2) is 0 Å². The third kappa shape index (κ3) is 5.00. The fraction of sp³-hybridized carbons (Fsp3) is 0.467. The summed E-state index contributed by atoms with van der Waals surface area (Å²) in [6.45, 7) is 0.685. The van der Waals surface area contributed by atoms with Gasteiger partial charge < -0.3 is 15.7 Å². The molecule has 1 aromatic heterocycles. The quantitative estimate of drug-likeness (QED) is 0.270. The SMILES string of the molecule is Br.NCCCCCCCc1cc([N+](=O)[O-])cc2[nH]c(=O)c(=O)[nH]c12. The zero-order valence-corrected chi connectivity index (χ0v) is 14.9. The number of hydrogen-bond acceptors (Lipinski definition) is 5. The lowest BCUT2D eigenvalue weighted by Crippen LogP contribution is -2.29. The summed E-state index contributed by atoms with van der Waals surface area (Å²) in [6, 6.07) is 2.72. The molecule has 2 aromatic rings. The highest BCUT2D eigenvalue weighted by molar-refractivity contribution is 8.93. The van der Waals surface area contributed by atoms with Crippen LogP contribution in [0.25, 0.3) is 11.0 Å². The predicted molar refractivity (Wildman–Crippen MR) is 98.0 cm³/mol. The number of hydrogen-bond donors (Lipinski definition) is 3. The summed E-state index contributed by atoms with van der Waals surface area (Å²) in [7, 11) is 0. The average molecular weight is 401 g/mol.